The topological polar surface area (TPSA) is 95.0 Å². The number of nitrogens with two attached hydrogens (primary N) is 1. The summed E-state index contributed by atoms with van der Waals surface area (Å²) in [5.74, 6) is -1.24. The Morgan fingerprint density at radius 2 is 2.24 bits per heavy atom. The van der Waals surface area contributed by atoms with Crippen molar-refractivity contribution in [2.45, 2.75) is 32.2 Å². The van der Waals surface area contributed by atoms with Gasteiger partial charge in [0.15, 0.2) is 5.78 Å². The van der Waals surface area contributed by atoms with Crippen molar-refractivity contribution >= 4 is 28.2 Å². The van der Waals surface area contributed by atoms with Gasteiger partial charge in [-0.1, -0.05) is 6.07 Å². The van der Waals surface area contributed by atoms with Crippen molar-refractivity contribution in [3.63, 3.8) is 0 Å². The van der Waals surface area contributed by atoms with Gasteiger partial charge >= 0.3 is 0 Å². The van der Waals surface area contributed by atoms with E-state index in [1.807, 2.05) is 0 Å². The van der Waals surface area contributed by atoms with Crippen molar-refractivity contribution in [2.24, 2.45) is 0 Å². The molecule has 1 saturated carbocycles. The molecule has 1 aromatic carbocycles. The summed E-state index contributed by atoms with van der Waals surface area (Å²) in [4.78, 5) is 41.0. The Kier molecular flexibility index (Phi) is 2.35. The minimum Gasteiger partial charge on any atom is -0.398 e. The Balaban J connectivity index is 2.31. The Hall–Kier alpha value is -2.50. The van der Waals surface area contributed by atoms with Gasteiger partial charge in [-0.05, 0) is 25.4 Å². The molecule has 3 atom stereocenters. The monoisotopic (exact) mass is 288 g/mol. The van der Waals surface area contributed by atoms with E-state index in [2.05, 4.69) is 4.98 Å². The fourth-order valence-electron chi connectivity index (χ4n) is 2.47. The second-order valence-electron chi connectivity index (χ2n) is 4.86. The van der Waals surface area contributed by atoms with Crippen molar-refractivity contribution in [1.82, 2.24) is 9.55 Å². The first-order valence-corrected chi connectivity index (χ1v) is 6.35. The molecule has 1 aliphatic carbocycles. The predicted molar refractivity (Wildman–Crippen MR) is 78.1 cm³/mol. The lowest BCUT2D eigenvalue weighted by Gasteiger charge is -2.24. The van der Waals surface area contributed by atoms with E-state index in [1.165, 1.54) is 6.07 Å². The van der Waals surface area contributed by atoms with Gasteiger partial charge in [-0.15, -0.1) is 0 Å². The van der Waals surface area contributed by atoms with E-state index in [1.54, 1.807) is 12.1 Å². The summed E-state index contributed by atoms with van der Waals surface area (Å²) >= 11 is 0. The molecule has 0 saturated heterocycles. The molecule has 1 heterocycles. The molecule has 1 aromatic heterocycles. The van der Waals surface area contributed by atoms with Crippen molar-refractivity contribution in [3.05, 3.63) is 34.4 Å². The number of benzene rings is 1. The van der Waals surface area contributed by atoms with Crippen LogP contribution in [-0.4, -0.2) is 21.1 Å². The number of nitrogen functional groups attached to an aromatic ring is 1. The zero-order chi connectivity index (χ0) is 17.6. The summed E-state index contributed by atoms with van der Waals surface area (Å²) in [6.45, 7) is -0.382. The third-order valence-electron chi connectivity index (χ3n) is 3.46. The van der Waals surface area contributed by atoms with Gasteiger partial charge in [-0.2, -0.15) is 0 Å². The smallest absolute Gasteiger partial charge is 0.264 e. The molecule has 1 fully saturated rings. The minimum atomic E-state index is -1.43. The standard InChI is InChI=1S/C15H15N3O3/c1-8-17-11-4-2-3-10(16)14(11)15(21)18(8)12-6-5-9(19)7-13(12)20/h2-4,12H,5-7,16H2,1H3/i1D,5D,6D. The van der Waals surface area contributed by atoms with Crippen molar-refractivity contribution in [2.75, 3.05) is 5.73 Å². The van der Waals surface area contributed by atoms with Gasteiger partial charge in [-0.25, -0.2) is 4.98 Å². The molecule has 3 rings (SSSR count). The zero-order valence-electron chi connectivity index (χ0n) is 14.1. The van der Waals surface area contributed by atoms with Gasteiger partial charge in [0.2, 0.25) is 0 Å². The number of aromatic nitrogens is 2. The highest BCUT2D eigenvalue weighted by Crippen LogP contribution is 2.24. The molecule has 6 heteroatoms. The summed E-state index contributed by atoms with van der Waals surface area (Å²) in [6.07, 6.45) is -3.34. The maximum atomic E-state index is 12.9. The molecule has 0 aliphatic heterocycles. The fraction of sp³-hybridized carbons (Fsp3) is 0.333. The summed E-state index contributed by atoms with van der Waals surface area (Å²) < 4.78 is 24.4. The molecule has 2 aromatic rings. The third kappa shape index (κ3) is 2.12. The minimum absolute atomic E-state index is 0.00949. The number of ketones is 2. The highest BCUT2D eigenvalue weighted by Gasteiger charge is 2.30. The molecular formula is C15H15N3O3. The Morgan fingerprint density at radius 1 is 1.43 bits per heavy atom. The first kappa shape index (κ1) is 10.3. The van der Waals surface area contributed by atoms with Crippen LogP contribution in [0.3, 0.4) is 0 Å². The highest BCUT2D eigenvalue weighted by molar-refractivity contribution is 6.03. The highest BCUT2D eigenvalue weighted by atomic mass is 16.2. The van der Waals surface area contributed by atoms with E-state index in [-0.39, 0.29) is 23.8 Å². The van der Waals surface area contributed by atoms with Crippen LogP contribution >= 0.6 is 0 Å². The first-order valence-electron chi connectivity index (χ1n) is 8.21. The molecule has 0 bridgehead atoms. The molecular weight excluding hydrogens is 270 g/mol. The van der Waals surface area contributed by atoms with E-state index < -0.39 is 42.4 Å². The molecule has 21 heavy (non-hydrogen) atoms. The summed E-state index contributed by atoms with van der Waals surface area (Å²) in [5.41, 5.74) is 5.70. The van der Waals surface area contributed by atoms with Crippen molar-refractivity contribution in [3.8, 4) is 0 Å². The van der Waals surface area contributed by atoms with Crippen LogP contribution in [0.15, 0.2) is 23.0 Å². The molecule has 3 unspecified atom stereocenters. The molecule has 0 amide bonds. The lowest BCUT2D eigenvalue weighted by atomic mass is 9.92. The van der Waals surface area contributed by atoms with Crippen LogP contribution in [0, 0.1) is 6.90 Å². The second-order valence-corrected chi connectivity index (χ2v) is 4.86. The molecule has 1 aliphatic rings. The number of anilines is 1. The Labute approximate surface area is 124 Å². The SMILES string of the molecule is [2H]Cc1nc2cccc(N)c2c(=O)n1C1C(=O)CC(=O)C([2H])C1[2H]. The van der Waals surface area contributed by atoms with Gasteiger partial charge in [0.05, 0.1) is 23.4 Å². The van der Waals surface area contributed by atoms with Crippen molar-refractivity contribution in [1.29, 1.82) is 0 Å². The number of hydrogen-bond donors (Lipinski definition) is 1. The molecule has 108 valence electrons. The van der Waals surface area contributed by atoms with Crippen LogP contribution in [-0.2, 0) is 9.59 Å². The van der Waals surface area contributed by atoms with Gasteiger partial charge in [0.1, 0.15) is 11.6 Å². The van der Waals surface area contributed by atoms with Gasteiger partial charge in [-0.3, -0.25) is 19.0 Å². The third-order valence-corrected chi connectivity index (χ3v) is 3.46. The average molecular weight is 288 g/mol. The molecule has 0 radical (unpaired) electrons. The number of hydrogen-bond acceptors (Lipinski definition) is 5. The number of Topliss-reactive ketones (excluding diaryl/α,β-unsaturated/α-hetero) is 2. The number of carbonyl (C=O) groups excluding carboxylic acids is 2. The van der Waals surface area contributed by atoms with E-state index in [9.17, 15) is 14.4 Å². The molecule has 6 nitrogen and oxygen atoms in total. The Bertz CT molecular complexity index is 912. The molecule has 2 N–H and O–H groups in total. The zero-order valence-corrected chi connectivity index (χ0v) is 11.1. The van der Waals surface area contributed by atoms with Crippen LogP contribution in [0.2, 0.25) is 0 Å². The number of nitrogens with zero attached hydrogens (tertiary/aromatic N) is 2. The lowest BCUT2D eigenvalue weighted by Crippen LogP contribution is -2.36. The Morgan fingerprint density at radius 3 is 3.00 bits per heavy atom. The normalized spacial score (nSPS) is 28.2. The fourth-order valence-corrected chi connectivity index (χ4v) is 2.47. The molecule has 0 spiro atoms. The van der Waals surface area contributed by atoms with Gasteiger partial charge in [0.25, 0.3) is 5.56 Å². The average Bonchev–Trinajstić information content (AvgIpc) is 2.54. The summed E-state index contributed by atoms with van der Waals surface area (Å²) in [6, 6.07) is 3.41. The van der Waals surface area contributed by atoms with Crippen LogP contribution in [0.25, 0.3) is 10.9 Å². The quantitative estimate of drug-likeness (QED) is 0.627. The predicted octanol–water partition coefficient (Wildman–Crippen LogP) is 1.15. The van der Waals surface area contributed by atoms with E-state index in [0.717, 1.165) is 4.57 Å². The first-order chi connectivity index (χ1) is 11.4. The number of fused-ring (bicyclic) bond motifs is 1. The van der Waals surface area contributed by atoms with Crippen LogP contribution < -0.4 is 11.3 Å². The number of aryl methyl sites for hydroxylation is 1. The van der Waals surface area contributed by atoms with Crippen LogP contribution in [0.5, 0.6) is 0 Å². The van der Waals surface area contributed by atoms with E-state index in [0.29, 0.717) is 5.52 Å². The largest absolute Gasteiger partial charge is 0.398 e. The number of rotatable bonds is 1. The van der Waals surface area contributed by atoms with Crippen molar-refractivity contribution < 1.29 is 13.7 Å². The van der Waals surface area contributed by atoms with Gasteiger partial charge < -0.3 is 5.73 Å². The van der Waals surface area contributed by atoms with E-state index >= 15 is 0 Å². The lowest BCUT2D eigenvalue weighted by molar-refractivity contribution is -0.132. The second kappa shape index (κ2) is 4.80. The maximum Gasteiger partial charge on any atom is 0.264 e. The van der Waals surface area contributed by atoms with Gasteiger partial charge in [0, 0.05) is 16.2 Å². The van der Waals surface area contributed by atoms with Crippen LogP contribution in [0.4, 0.5) is 5.69 Å². The summed E-state index contributed by atoms with van der Waals surface area (Å²) in [5, 5.41) is 0.105. The van der Waals surface area contributed by atoms with Crippen LogP contribution in [0.1, 0.15) is 35.2 Å². The maximum absolute atomic E-state index is 12.9. The summed E-state index contributed by atoms with van der Waals surface area (Å²) in [7, 11) is 0. The number of carbonyl (C=O) groups is 2. The van der Waals surface area contributed by atoms with E-state index in [4.69, 9.17) is 9.85 Å².